The van der Waals surface area contributed by atoms with Gasteiger partial charge in [0.25, 0.3) is 17.7 Å². The summed E-state index contributed by atoms with van der Waals surface area (Å²) in [7, 11) is 1.21. The number of ether oxygens (including phenoxy) is 2. The second-order valence-electron chi connectivity index (χ2n) is 7.62. The Balaban J connectivity index is 1.47. The number of fused-ring (bicyclic) bond motifs is 1. The Hall–Kier alpha value is -3.76. The van der Waals surface area contributed by atoms with E-state index in [0.29, 0.717) is 24.5 Å². The van der Waals surface area contributed by atoms with Gasteiger partial charge in [-0.3, -0.25) is 24.2 Å². The molecule has 1 fully saturated rings. The van der Waals surface area contributed by atoms with Gasteiger partial charge < -0.3 is 19.5 Å². The first kappa shape index (κ1) is 22.4. The lowest BCUT2D eigenvalue weighted by Gasteiger charge is -2.28. The smallest absolute Gasteiger partial charge is 0.414 e. The van der Waals surface area contributed by atoms with E-state index < -0.39 is 24.0 Å². The van der Waals surface area contributed by atoms with Gasteiger partial charge in [0.05, 0.1) is 44.0 Å². The molecule has 4 rings (SSSR count). The second-order valence-corrected chi connectivity index (χ2v) is 7.62. The van der Waals surface area contributed by atoms with Crippen LogP contribution in [0.2, 0.25) is 0 Å². The van der Waals surface area contributed by atoms with E-state index in [1.165, 1.54) is 12.0 Å². The number of β-amino-alcohol motifs (C(OH)–C–C–N with tert-alkyl or cyclic N) is 1. The van der Waals surface area contributed by atoms with Crippen molar-refractivity contribution in [3.05, 3.63) is 59.7 Å². The Labute approximate surface area is 189 Å². The zero-order valence-corrected chi connectivity index (χ0v) is 18.0. The number of rotatable bonds is 6. The van der Waals surface area contributed by atoms with Gasteiger partial charge in [-0.1, -0.05) is 12.1 Å². The van der Waals surface area contributed by atoms with Crippen molar-refractivity contribution < 1.29 is 33.8 Å². The second kappa shape index (κ2) is 9.39. The summed E-state index contributed by atoms with van der Waals surface area (Å²) in [6, 6.07) is 13.1. The zero-order valence-electron chi connectivity index (χ0n) is 18.0. The summed E-state index contributed by atoms with van der Waals surface area (Å²) in [5.41, 5.74) is 1.65. The number of aliphatic hydroxyl groups excluding tert-OH is 1. The fourth-order valence-electron chi connectivity index (χ4n) is 3.88. The minimum absolute atomic E-state index is 0.0139. The molecule has 0 saturated carbocycles. The van der Waals surface area contributed by atoms with Crippen molar-refractivity contribution in [2.24, 2.45) is 0 Å². The van der Waals surface area contributed by atoms with E-state index in [-0.39, 0.29) is 36.7 Å². The molecule has 2 aromatic carbocycles. The maximum absolute atomic E-state index is 12.6. The number of carbonyl (C=O) groups excluding carboxylic acids is 4. The minimum Gasteiger partial charge on any atom is -0.452 e. The van der Waals surface area contributed by atoms with Crippen LogP contribution in [-0.2, 0) is 14.3 Å². The third kappa shape index (κ3) is 4.43. The predicted octanol–water partition coefficient (Wildman–Crippen LogP) is 1.28. The molecule has 1 saturated heterocycles. The number of anilines is 2. The molecule has 1 atom stereocenters. The molecule has 33 heavy (non-hydrogen) atoms. The zero-order chi connectivity index (χ0) is 23.5. The molecule has 2 aromatic rings. The Kier molecular flexibility index (Phi) is 6.38. The number of methoxy groups -OCH3 is 1. The van der Waals surface area contributed by atoms with Crippen molar-refractivity contribution in [2.75, 3.05) is 49.8 Å². The third-order valence-electron chi connectivity index (χ3n) is 5.52. The van der Waals surface area contributed by atoms with Crippen LogP contribution >= 0.6 is 0 Å². The number of carbonyl (C=O) groups is 4. The van der Waals surface area contributed by atoms with Crippen LogP contribution in [0.5, 0.6) is 0 Å². The number of imide groups is 1. The predicted molar refractivity (Wildman–Crippen MR) is 117 cm³/mol. The lowest BCUT2D eigenvalue weighted by molar-refractivity contribution is -0.125. The summed E-state index contributed by atoms with van der Waals surface area (Å²) in [6.45, 7) is 0.389. The van der Waals surface area contributed by atoms with E-state index in [4.69, 9.17) is 9.47 Å². The number of aliphatic hydroxyl groups is 1. The summed E-state index contributed by atoms with van der Waals surface area (Å²) >= 11 is 0. The number of benzene rings is 2. The van der Waals surface area contributed by atoms with Crippen molar-refractivity contribution in [2.45, 2.75) is 6.10 Å². The summed E-state index contributed by atoms with van der Waals surface area (Å²) in [5, 5.41) is 10.6. The van der Waals surface area contributed by atoms with Crippen LogP contribution in [0.3, 0.4) is 0 Å². The first-order valence-electron chi connectivity index (χ1n) is 10.4. The summed E-state index contributed by atoms with van der Waals surface area (Å²) in [6.07, 6.45) is -1.93. The summed E-state index contributed by atoms with van der Waals surface area (Å²) in [5.74, 6) is -1.13. The SMILES string of the molecule is COC(=O)N(C[C@@H](O)CN1C(=O)c2ccccc2C1=O)c1ccc(N2CCOCC2=O)cc1. The van der Waals surface area contributed by atoms with Gasteiger partial charge in [-0.15, -0.1) is 0 Å². The van der Waals surface area contributed by atoms with Crippen LogP contribution in [0.15, 0.2) is 48.5 Å². The average molecular weight is 453 g/mol. The highest BCUT2D eigenvalue weighted by molar-refractivity contribution is 6.21. The molecule has 2 heterocycles. The Morgan fingerprint density at radius 2 is 1.73 bits per heavy atom. The van der Waals surface area contributed by atoms with Crippen LogP contribution in [-0.4, -0.2) is 79.9 Å². The van der Waals surface area contributed by atoms with Gasteiger partial charge in [-0.2, -0.15) is 0 Å². The number of amides is 4. The summed E-state index contributed by atoms with van der Waals surface area (Å²) < 4.78 is 9.98. The molecule has 0 bridgehead atoms. The molecule has 0 radical (unpaired) electrons. The molecule has 0 spiro atoms. The van der Waals surface area contributed by atoms with E-state index >= 15 is 0 Å². The van der Waals surface area contributed by atoms with Crippen molar-refractivity contribution in [1.82, 2.24) is 4.90 Å². The van der Waals surface area contributed by atoms with E-state index in [0.717, 1.165) is 4.90 Å². The Morgan fingerprint density at radius 1 is 1.09 bits per heavy atom. The fourth-order valence-corrected chi connectivity index (χ4v) is 3.88. The van der Waals surface area contributed by atoms with Crippen LogP contribution in [0.4, 0.5) is 16.2 Å². The molecule has 0 aromatic heterocycles. The van der Waals surface area contributed by atoms with Gasteiger partial charge in [0.15, 0.2) is 0 Å². The van der Waals surface area contributed by atoms with Crippen LogP contribution in [0.1, 0.15) is 20.7 Å². The highest BCUT2D eigenvalue weighted by atomic mass is 16.5. The first-order chi connectivity index (χ1) is 15.9. The van der Waals surface area contributed by atoms with Crippen molar-refractivity contribution in [1.29, 1.82) is 0 Å². The van der Waals surface area contributed by atoms with Crippen LogP contribution in [0, 0.1) is 0 Å². The van der Waals surface area contributed by atoms with Gasteiger partial charge in [0, 0.05) is 17.9 Å². The monoisotopic (exact) mass is 453 g/mol. The van der Waals surface area contributed by atoms with E-state index in [9.17, 15) is 24.3 Å². The quantitative estimate of drug-likeness (QED) is 0.655. The highest BCUT2D eigenvalue weighted by Gasteiger charge is 2.36. The van der Waals surface area contributed by atoms with Gasteiger partial charge in [-0.05, 0) is 36.4 Å². The van der Waals surface area contributed by atoms with Gasteiger partial charge in [0.2, 0.25) is 0 Å². The van der Waals surface area contributed by atoms with Crippen LogP contribution < -0.4 is 9.80 Å². The molecular formula is C23H23N3O7. The number of morpholine rings is 1. The molecule has 1 N–H and O–H groups in total. The van der Waals surface area contributed by atoms with Gasteiger partial charge in [0.1, 0.15) is 6.61 Å². The Morgan fingerprint density at radius 3 is 2.30 bits per heavy atom. The lowest BCUT2D eigenvalue weighted by atomic mass is 10.1. The number of nitrogens with zero attached hydrogens (tertiary/aromatic N) is 3. The Bertz CT molecular complexity index is 1050. The van der Waals surface area contributed by atoms with Gasteiger partial charge >= 0.3 is 6.09 Å². The number of hydrogen-bond acceptors (Lipinski definition) is 7. The lowest BCUT2D eigenvalue weighted by Crippen LogP contribution is -2.44. The van der Waals surface area contributed by atoms with E-state index in [1.54, 1.807) is 53.4 Å². The third-order valence-corrected chi connectivity index (χ3v) is 5.52. The standard InChI is InChI=1S/C23H23N3O7/c1-32-23(31)25(16-8-6-15(7-9-16)24-10-11-33-14-20(24)28)12-17(27)13-26-21(29)18-4-2-3-5-19(18)22(26)30/h2-9,17,27H,10-14H2,1H3/t17-/m1/s1. The summed E-state index contributed by atoms with van der Waals surface area (Å²) in [4.78, 5) is 53.3. The van der Waals surface area contributed by atoms with Crippen molar-refractivity contribution in [3.63, 3.8) is 0 Å². The maximum Gasteiger partial charge on any atom is 0.414 e. The molecule has 10 nitrogen and oxygen atoms in total. The molecular weight excluding hydrogens is 430 g/mol. The van der Waals surface area contributed by atoms with E-state index in [1.807, 2.05) is 0 Å². The van der Waals surface area contributed by atoms with Crippen molar-refractivity contribution >= 4 is 35.2 Å². The van der Waals surface area contributed by atoms with Gasteiger partial charge in [-0.25, -0.2) is 4.79 Å². The normalized spacial score (nSPS) is 16.6. The minimum atomic E-state index is -1.22. The molecule has 2 aliphatic rings. The number of hydrogen-bond donors (Lipinski definition) is 1. The molecule has 2 aliphatic heterocycles. The first-order valence-corrected chi connectivity index (χ1v) is 10.4. The highest BCUT2D eigenvalue weighted by Crippen LogP contribution is 2.25. The van der Waals surface area contributed by atoms with Crippen molar-refractivity contribution in [3.8, 4) is 0 Å². The molecule has 172 valence electrons. The molecule has 4 amide bonds. The van der Waals surface area contributed by atoms with E-state index in [2.05, 4.69) is 0 Å². The fraction of sp³-hybridized carbons (Fsp3) is 0.304. The van der Waals surface area contributed by atoms with Crippen LogP contribution in [0.25, 0.3) is 0 Å². The average Bonchev–Trinajstić information content (AvgIpc) is 3.07. The maximum atomic E-state index is 12.6. The topological polar surface area (TPSA) is 117 Å². The molecule has 0 unspecified atom stereocenters. The molecule has 0 aliphatic carbocycles. The molecule has 10 heteroatoms. The largest absolute Gasteiger partial charge is 0.452 e.